The first kappa shape index (κ1) is 22.7. The van der Waals surface area contributed by atoms with Gasteiger partial charge in [0, 0.05) is 41.1 Å². The van der Waals surface area contributed by atoms with E-state index >= 15 is 0 Å². The van der Waals surface area contributed by atoms with E-state index in [0.717, 1.165) is 0 Å². The van der Waals surface area contributed by atoms with E-state index in [0.29, 0.717) is 28.8 Å². The molecule has 4 N–H and O–H groups in total. The number of H-pyrrole nitrogens is 4. The molecule has 0 unspecified atom stereocenters. The SMILES string of the molecule is FC(F)(F)I.O=c1[nH]cc(C(F)(F)F)c(=O)[nH]1.O=c1cc[nH]c(=O)[nH]1. The molecule has 0 bridgehead atoms. The third-order valence-electron chi connectivity index (χ3n) is 1.81. The van der Waals surface area contributed by atoms with Crippen molar-refractivity contribution in [2.75, 3.05) is 0 Å². The fourth-order valence-corrected chi connectivity index (χ4v) is 1.00. The van der Waals surface area contributed by atoms with Crippen LogP contribution in [0.4, 0.5) is 26.3 Å². The summed E-state index contributed by atoms with van der Waals surface area (Å²) in [6.07, 6.45) is -3.11. The quantitative estimate of drug-likeness (QED) is 0.251. The summed E-state index contributed by atoms with van der Waals surface area (Å²) >= 11 is 0.378. The van der Waals surface area contributed by atoms with E-state index in [1.165, 1.54) is 17.2 Å². The Labute approximate surface area is 145 Å². The molecule has 0 spiro atoms. The molecular formula is C10H7F6IN4O4. The summed E-state index contributed by atoms with van der Waals surface area (Å²) in [4.78, 5) is 48.6. The van der Waals surface area contributed by atoms with Gasteiger partial charge in [0.1, 0.15) is 5.56 Å². The summed E-state index contributed by atoms with van der Waals surface area (Å²) in [7, 11) is 0. The highest BCUT2D eigenvalue weighted by molar-refractivity contribution is 14.1. The molecule has 0 aliphatic carbocycles. The molecule has 2 rings (SSSR count). The minimum Gasteiger partial charge on any atom is -0.314 e. The molecule has 0 aliphatic heterocycles. The van der Waals surface area contributed by atoms with Crippen LogP contribution in [0.15, 0.2) is 37.6 Å². The Morgan fingerprint density at radius 1 is 0.840 bits per heavy atom. The van der Waals surface area contributed by atoms with E-state index in [2.05, 4.69) is 4.98 Å². The summed E-state index contributed by atoms with van der Waals surface area (Å²) in [6.45, 7) is 0. The number of hydrogen-bond donors (Lipinski definition) is 4. The number of halogens is 7. The highest BCUT2D eigenvalue weighted by Crippen LogP contribution is 2.24. The molecule has 140 valence electrons. The first-order chi connectivity index (χ1) is 11.2. The van der Waals surface area contributed by atoms with Crippen molar-refractivity contribution in [3.8, 4) is 0 Å². The third-order valence-corrected chi connectivity index (χ3v) is 1.81. The molecule has 0 atom stereocenters. The Hall–Kier alpha value is -2.33. The van der Waals surface area contributed by atoms with Gasteiger partial charge in [-0.3, -0.25) is 19.6 Å². The maximum Gasteiger partial charge on any atom is 0.441 e. The normalized spacial score (nSPS) is 10.8. The zero-order valence-electron chi connectivity index (χ0n) is 11.5. The predicted molar refractivity (Wildman–Crippen MR) is 80.4 cm³/mol. The van der Waals surface area contributed by atoms with Gasteiger partial charge in [0.25, 0.3) is 11.1 Å². The summed E-state index contributed by atoms with van der Waals surface area (Å²) in [5, 5.41) is 0. The van der Waals surface area contributed by atoms with Gasteiger partial charge < -0.3 is 9.97 Å². The maximum atomic E-state index is 11.8. The van der Waals surface area contributed by atoms with Crippen molar-refractivity contribution in [1.82, 2.24) is 19.9 Å². The standard InChI is InChI=1S/C5H3F3N2O2.C4H4N2O2.CF3I/c6-5(7,8)2-1-9-4(12)10-3(2)11;7-3-1-2-5-4(8)6-3;2-1(3,4)5/h1H,(H2,9,10,11,12);1-2H,(H2,5,6,7,8);. The number of rotatable bonds is 0. The van der Waals surface area contributed by atoms with Crippen LogP contribution < -0.4 is 22.5 Å². The van der Waals surface area contributed by atoms with Gasteiger partial charge in [0.2, 0.25) is 0 Å². The molecule has 25 heavy (non-hydrogen) atoms. The first-order valence-electron chi connectivity index (χ1n) is 5.63. The monoisotopic (exact) mass is 488 g/mol. The Balaban J connectivity index is 0.000000382. The van der Waals surface area contributed by atoms with E-state index in [9.17, 15) is 45.5 Å². The number of aromatic amines is 4. The Morgan fingerprint density at radius 3 is 1.64 bits per heavy atom. The predicted octanol–water partition coefficient (Wildman–Crippen LogP) is 1.09. The molecule has 2 heterocycles. The molecule has 0 fully saturated rings. The maximum absolute atomic E-state index is 11.8. The Kier molecular flexibility index (Phi) is 8.37. The fraction of sp³-hybridized carbons (Fsp3) is 0.200. The van der Waals surface area contributed by atoms with Crippen molar-refractivity contribution >= 4 is 22.6 Å². The van der Waals surface area contributed by atoms with Crippen LogP contribution in [0.25, 0.3) is 0 Å². The highest BCUT2D eigenvalue weighted by Gasteiger charge is 2.34. The Morgan fingerprint density at radius 2 is 1.32 bits per heavy atom. The summed E-state index contributed by atoms with van der Waals surface area (Å²) in [5.41, 5.74) is -4.67. The highest BCUT2D eigenvalue weighted by atomic mass is 127. The van der Waals surface area contributed by atoms with Crippen LogP contribution in [0.5, 0.6) is 0 Å². The van der Waals surface area contributed by atoms with Gasteiger partial charge in [-0.25, -0.2) is 9.59 Å². The summed E-state index contributed by atoms with van der Waals surface area (Å²) in [5.74, 6) is 0. The molecule has 0 aromatic carbocycles. The lowest BCUT2D eigenvalue weighted by molar-refractivity contribution is -0.139. The second-order valence-corrected chi connectivity index (χ2v) is 4.93. The second kappa shape index (κ2) is 9.23. The van der Waals surface area contributed by atoms with Gasteiger partial charge >= 0.3 is 21.7 Å². The van der Waals surface area contributed by atoms with Crippen molar-refractivity contribution in [2.24, 2.45) is 0 Å². The van der Waals surface area contributed by atoms with E-state index in [1.54, 1.807) is 4.98 Å². The largest absolute Gasteiger partial charge is 0.441 e. The molecule has 0 saturated heterocycles. The van der Waals surface area contributed by atoms with Gasteiger partial charge in [0.15, 0.2) is 0 Å². The van der Waals surface area contributed by atoms with Crippen LogP contribution in [0, 0.1) is 0 Å². The smallest absolute Gasteiger partial charge is 0.314 e. The van der Waals surface area contributed by atoms with Crippen molar-refractivity contribution in [3.05, 3.63) is 65.7 Å². The van der Waals surface area contributed by atoms with Gasteiger partial charge in [0.05, 0.1) is 0 Å². The van der Waals surface area contributed by atoms with Crippen molar-refractivity contribution < 1.29 is 26.3 Å². The number of hydrogen-bond acceptors (Lipinski definition) is 4. The van der Waals surface area contributed by atoms with Crippen LogP contribution in [0.2, 0.25) is 0 Å². The molecular weight excluding hydrogens is 481 g/mol. The van der Waals surface area contributed by atoms with Gasteiger partial charge in [-0.1, -0.05) is 0 Å². The molecule has 2 aromatic heterocycles. The average Bonchev–Trinajstić information content (AvgIpc) is 2.35. The van der Waals surface area contributed by atoms with Crippen molar-refractivity contribution in [3.63, 3.8) is 0 Å². The first-order valence-corrected chi connectivity index (χ1v) is 6.71. The van der Waals surface area contributed by atoms with E-state index in [-0.39, 0.29) is 5.56 Å². The lowest BCUT2D eigenvalue weighted by atomic mass is 10.3. The summed E-state index contributed by atoms with van der Waals surface area (Å²) in [6, 6.07) is 1.24. The fourth-order valence-electron chi connectivity index (χ4n) is 1.00. The molecule has 8 nitrogen and oxygen atoms in total. The van der Waals surface area contributed by atoms with Crippen LogP contribution in [0.3, 0.4) is 0 Å². The van der Waals surface area contributed by atoms with Crippen molar-refractivity contribution in [1.29, 1.82) is 0 Å². The molecule has 0 amide bonds. The van der Waals surface area contributed by atoms with Crippen LogP contribution in [-0.2, 0) is 6.18 Å². The van der Waals surface area contributed by atoms with E-state index < -0.39 is 32.9 Å². The van der Waals surface area contributed by atoms with Gasteiger partial charge in [-0.2, -0.15) is 26.3 Å². The van der Waals surface area contributed by atoms with Gasteiger partial charge in [-0.05, 0) is 0 Å². The topological polar surface area (TPSA) is 131 Å². The van der Waals surface area contributed by atoms with E-state index in [1.807, 2.05) is 4.98 Å². The lowest BCUT2D eigenvalue weighted by Crippen LogP contribution is -2.28. The zero-order chi connectivity index (χ0) is 19.8. The van der Waals surface area contributed by atoms with Crippen LogP contribution in [0.1, 0.15) is 5.56 Å². The number of aromatic nitrogens is 4. The zero-order valence-corrected chi connectivity index (χ0v) is 13.7. The molecule has 0 radical (unpaired) electrons. The summed E-state index contributed by atoms with van der Waals surface area (Å²) < 4.78 is 62.5. The van der Waals surface area contributed by atoms with E-state index in [4.69, 9.17) is 0 Å². The minimum atomic E-state index is -4.74. The van der Waals surface area contributed by atoms with Crippen LogP contribution in [-0.4, -0.2) is 24.1 Å². The average molecular weight is 488 g/mol. The third kappa shape index (κ3) is 11.8. The lowest BCUT2D eigenvalue weighted by Gasteiger charge is -2.02. The molecule has 0 saturated carbocycles. The molecule has 15 heteroatoms. The second-order valence-electron chi connectivity index (χ2n) is 3.71. The van der Waals surface area contributed by atoms with Crippen molar-refractivity contribution in [2.45, 2.75) is 10.4 Å². The molecule has 0 aliphatic rings. The minimum absolute atomic E-state index is 0.334. The van der Waals surface area contributed by atoms with Gasteiger partial charge in [-0.15, -0.1) is 0 Å². The Bertz CT molecular complexity index is 863. The number of nitrogens with one attached hydrogen (secondary N) is 4. The molecule has 2 aromatic rings. The van der Waals surface area contributed by atoms with Crippen LogP contribution >= 0.6 is 22.6 Å². The number of alkyl halides is 7.